The molecule has 0 aromatic heterocycles. The number of benzene rings is 2. The Morgan fingerprint density at radius 3 is 2.21 bits per heavy atom. The topological polar surface area (TPSA) is 32.8 Å². The van der Waals surface area contributed by atoms with Crippen LogP contribution in [-0.2, 0) is 11.2 Å². The smallest absolute Gasteiger partial charge is 0.410 e. The maximum absolute atomic E-state index is 10.7. The van der Waals surface area contributed by atoms with Crippen molar-refractivity contribution in [3.8, 4) is 11.1 Å². The molecule has 2 aliphatic rings. The van der Waals surface area contributed by atoms with Gasteiger partial charge in [0.05, 0.1) is 6.54 Å². The number of amides is 1. The minimum Gasteiger partial charge on any atom is -0.448 e. The molecule has 4 nitrogen and oxygen atoms in total. The Labute approximate surface area is 175 Å². The van der Waals surface area contributed by atoms with Gasteiger partial charge in [0, 0.05) is 18.6 Å². The molecule has 0 saturated carbocycles. The van der Waals surface area contributed by atoms with E-state index in [1.165, 1.54) is 49.0 Å². The van der Waals surface area contributed by atoms with E-state index in [0.717, 1.165) is 12.6 Å². The summed E-state index contributed by atoms with van der Waals surface area (Å²) < 4.78 is 4.71. The Hall–Kier alpha value is -2.33. The van der Waals surface area contributed by atoms with Gasteiger partial charge in [-0.05, 0) is 63.3 Å². The summed E-state index contributed by atoms with van der Waals surface area (Å²) >= 11 is 0. The molecule has 1 amide bonds. The second-order valence-electron chi connectivity index (χ2n) is 8.24. The van der Waals surface area contributed by atoms with Crippen molar-refractivity contribution in [2.75, 3.05) is 26.2 Å². The van der Waals surface area contributed by atoms with Gasteiger partial charge in [-0.3, -0.25) is 0 Å². The van der Waals surface area contributed by atoms with Gasteiger partial charge in [0.1, 0.15) is 6.61 Å². The number of hydrogen-bond donors (Lipinski definition) is 0. The first kappa shape index (κ1) is 21.4. The van der Waals surface area contributed by atoms with Gasteiger partial charge < -0.3 is 14.5 Å². The standard InChI is InChI=1S/C19H23N.C6H11NO2/c1-16-6-5-14-20(16)15-13-17-9-11-19(12-10-17)18-7-3-2-4-8-18;1-5(2)7-3-4-9-6(7)8/h2-4,7-12,16H,5-6,13-15H2,1H3;5H,3-4H2,1-2H3. The van der Waals surface area contributed by atoms with Crippen molar-refractivity contribution < 1.29 is 9.53 Å². The van der Waals surface area contributed by atoms with Crippen LogP contribution in [0.5, 0.6) is 0 Å². The van der Waals surface area contributed by atoms with Crippen LogP contribution in [0.15, 0.2) is 54.6 Å². The Kier molecular flexibility index (Phi) is 7.70. The summed E-state index contributed by atoms with van der Waals surface area (Å²) in [5.74, 6) is 0. The van der Waals surface area contributed by atoms with E-state index >= 15 is 0 Å². The maximum Gasteiger partial charge on any atom is 0.410 e. The number of hydrogen-bond acceptors (Lipinski definition) is 3. The van der Waals surface area contributed by atoms with E-state index in [2.05, 4.69) is 66.4 Å². The molecule has 0 aliphatic carbocycles. The third-order valence-corrected chi connectivity index (χ3v) is 5.85. The van der Waals surface area contributed by atoms with Gasteiger partial charge in [0.15, 0.2) is 0 Å². The number of carbonyl (C=O) groups is 1. The lowest BCUT2D eigenvalue weighted by Gasteiger charge is -2.20. The normalized spacial score (nSPS) is 19.2. The second kappa shape index (κ2) is 10.4. The molecule has 2 saturated heterocycles. The monoisotopic (exact) mass is 394 g/mol. The summed E-state index contributed by atoms with van der Waals surface area (Å²) in [5.41, 5.74) is 4.06. The molecule has 2 fully saturated rings. The molecule has 4 rings (SSSR count). The van der Waals surface area contributed by atoms with Gasteiger partial charge in [-0.15, -0.1) is 0 Å². The molecule has 4 heteroatoms. The minimum atomic E-state index is -0.176. The largest absolute Gasteiger partial charge is 0.448 e. The second-order valence-corrected chi connectivity index (χ2v) is 8.24. The van der Waals surface area contributed by atoms with Gasteiger partial charge in [-0.2, -0.15) is 0 Å². The van der Waals surface area contributed by atoms with Crippen LogP contribution in [0, 0.1) is 0 Å². The highest BCUT2D eigenvalue weighted by Crippen LogP contribution is 2.20. The van der Waals surface area contributed by atoms with E-state index in [-0.39, 0.29) is 12.1 Å². The molecule has 0 radical (unpaired) electrons. The van der Waals surface area contributed by atoms with E-state index in [0.29, 0.717) is 6.61 Å². The van der Waals surface area contributed by atoms with Gasteiger partial charge >= 0.3 is 6.09 Å². The van der Waals surface area contributed by atoms with Crippen molar-refractivity contribution in [3.05, 3.63) is 60.2 Å². The Morgan fingerprint density at radius 2 is 1.69 bits per heavy atom. The molecule has 0 bridgehead atoms. The van der Waals surface area contributed by atoms with Gasteiger partial charge in [-0.25, -0.2) is 4.79 Å². The zero-order chi connectivity index (χ0) is 20.6. The first-order valence-corrected chi connectivity index (χ1v) is 10.9. The van der Waals surface area contributed by atoms with Crippen molar-refractivity contribution >= 4 is 6.09 Å². The fraction of sp³-hybridized carbons (Fsp3) is 0.480. The molecule has 1 atom stereocenters. The summed E-state index contributed by atoms with van der Waals surface area (Å²) in [5, 5.41) is 0. The predicted molar refractivity (Wildman–Crippen MR) is 119 cm³/mol. The number of likely N-dealkylation sites (tertiary alicyclic amines) is 1. The average molecular weight is 395 g/mol. The molecular formula is C25H34N2O2. The number of cyclic esters (lactones) is 1. The molecule has 29 heavy (non-hydrogen) atoms. The Bertz CT molecular complexity index is 758. The summed E-state index contributed by atoms with van der Waals surface area (Å²) in [4.78, 5) is 15.0. The predicted octanol–water partition coefficient (Wildman–Crippen LogP) is 5.23. The molecule has 2 heterocycles. The molecule has 156 valence electrons. The Morgan fingerprint density at radius 1 is 1.00 bits per heavy atom. The summed E-state index contributed by atoms with van der Waals surface area (Å²) in [7, 11) is 0. The zero-order valence-electron chi connectivity index (χ0n) is 18.0. The van der Waals surface area contributed by atoms with Crippen molar-refractivity contribution in [1.29, 1.82) is 0 Å². The number of carbonyl (C=O) groups excluding carboxylic acids is 1. The number of nitrogens with zero attached hydrogens (tertiary/aromatic N) is 2. The Balaban J connectivity index is 0.000000224. The van der Waals surface area contributed by atoms with Gasteiger partial charge in [0.25, 0.3) is 0 Å². The van der Waals surface area contributed by atoms with Gasteiger partial charge in [0.2, 0.25) is 0 Å². The van der Waals surface area contributed by atoms with Crippen LogP contribution in [0.2, 0.25) is 0 Å². The first-order valence-electron chi connectivity index (χ1n) is 10.9. The third kappa shape index (κ3) is 6.07. The first-order chi connectivity index (χ1) is 14.0. The van der Waals surface area contributed by atoms with E-state index < -0.39 is 0 Å². The van der Waals surface area contributed by atoms with Crippen LogP contribution < -0.4 is 0 Å². The van der Waals surface area contributed by atoms with E-state index in [1.54, 1.807) is 4.90 Å². The summed E-state index contributed by atoms with van der Waals surface area (Å²) in [6.45, 7) is 10.1. The lowest BCUT2D eigenvalue weighted by atomic mass is 10.0. The molecular weight excluding hydrogens is 360 g/mol. The molecule has 2 aromatic rings. The van der Waals surface area contributed by atoms with E-state index in [1.807, 2.05) is 13.8 Å². The zero-order valence-corrected chi connectivity index (χ0v) is 18.0. The van der Waals surface area contributed by atoms with Crippen LogP contribution in [0.4, 0.5) is 4.79 Å². The number of ether oxygens (including phenoxy) is 1. The quantitative estimate of drug-likeness (QED) is 0.696. The molecule has 0 N–H and O–H groups in total. The van der Waals surface area contributed by atoms with Crippen LogP contribution in [0.1, 0.15) is 39.2 Å². The minimum absolute atomic E-state index is 0.176. The van der Waals surface area contributed by atoms with Crippen LogP contribution >= 0.6 is 0 Å². The maximum atomic E-state index is 10.7. The lowest BCUT2D eigenvalue weighted by Crippen LogP contribution is -2.31. The van der Waals surface area contributed by atoms with E-state index in [4.69, 9.17) is 4.74 Å². The highest BCUT2D eigenvalue weighted by atomic mass is 16.6. The van der Waals surface area contributed by atoms with Crippen LogP contribution in [0.25, 0.3) is 11.1 Å². The van der Waals surface area contributed by atoms with Crippen molar-refractivity contribution in [2.45, 2.75) is 52.1 Å². The van der Waals surface area contributed by atoms with Crippen molar-refractivity contribution in [3.63, 3.8) is 0 Å². The average Bonchev–Trinajstić information content (AvgIpc) is 3.36. The fourth-order valence-electron chi connectivity index (χ4n) is 3.97. The highest BCUT2D eigenvalue weighted by Gasteiger charge is 2.23. The SMILES string of the molecule is CC(C)N1CCOC1=O.CC1CCCN1CCc1ccc(-c2ccccc2)cc1. The van der Waals surface area contributed by atoms with Crippen LogP contribution in [-0.4, -0.2) is 54.2 Å². The molecule has 2 aromatic carbocycles. The van der Waals surface area contributed by atoms with Gasteiger partial charge in [-0.1, -0.05) is 54.6 Å². The van der Waals surface area contributed by atoms with Crippen molar-refractivity contribution in [1.82, 2.24) is 9.80 Å². The summed E-state index contributed by atoms with van der Waals surface area (Å²) in [6, 6.07) is 20.7. The van der Waals surface area contributed by atoms with E-state index in [9.17, 15) is 4.79 Å². The molecule has 2 aliphatic heterocycles. The molecule has 1 unspecified atom stereocenters. The third-order valence-electron chi connectivity index (χ3n) is 5.85. The van der Waals surface area contributed by atoms with Crippen molar-refractivity contribution in [2.24, 2.45) is 0 Å². The van der Waals surface area contributed by atoms with Crippen LogP contribution in [0.3, 0.4) is 0 Å². The summed E-state index contributed by atoms with van der Waals surface area (Å²) in [6.07, 6.45) is 3.73. The fourth-order valence-corrected chi connectivity index (χ4v) is 3.97. The number of rotatable bonds is 5. The highest BCUT2D eigenvalue weighted by molar-refractivity contribution is 5.69. The molecule has 0 spiro atoms. The lowest BCUT2D eigenvalue weighted by molar-refractivity contribution is 0.152.